The lowest BCUT2D eigenvalue weighted by Gasteiger charge is -2.15. The minimum Gasteiger partial charge on any atom is -0.470 e. The molecule has 0 aliphatic rings. The molecular weight excluding hydrogens is 342 g/mol. The zero-order chi connectivity index (χ0) is 18.7. The number of ether oxygens (including phenoxy) is 3. The third-order valence-corrected chi connectivity index (χ3v) is 3.99. The van der Waals surface area contributed by atoms with Crippen LogP contribution in [0.25, 0.3) is 0 Å². The Balaban J connectivity index is 2.77. The van der Waals surface area contributed by atoms with Gasteiger partial charge in [0.2, 0.25) is 0 Å². The first-order valence-electron chi connectivity index (χ1n) is 8.23. The van der Waals surface area contributed by atoms with Crippen LogP contribution in [0.3, 0.4) is 0 Å². The molecule has 1 heterocycles. The second-order valence-corrected chi connectivity index (χ2v) is 6.34. The number of nitrogens with zero attached hydrogens (tertiary/aromatic N) is 2. The standard InChI is InChI=1S/C17H25N3O4S/c1-5-22-7-8-24-16(21)14(9-18)15(12(3)4)19-10-13-11-20-17(25-13)23-6-2/h11-12,19H,5-8,10H2,1-4H3/b15-14+. The largest absolute Gasteiger partial charge is 0.470 e. The highest BCUT2D eigenvalue weighted by Gasteiger charge is 2.19. The number of aromatic nitrogens is 1. The molecule has 8 heteroatoms. The number of nitriles is 1. The quantitative estimate of drug-likeness (QED) is 0.278. The molecule has 0 aliphatic heterocycles. The second kappa shape index (κ2) is 11.4. The van der Waals surface area contributed by atoms with Gasteiger partial charge in [-0.15, -0.1) is 0 Å². The number of carbonyl (C=O) groups excluding carboxylic acids is 1. The predicted molar refractivity (Wildman–Crippen MR) is 95.1 cm³/mol. The van der Waals surface area contributed by atoms with Gasteiger partial charge >= 0.3 is 5.97 Å². The third-order valence-electron chi connectivity index (χ3n) is 3.08. The first-order valence-corrected chi connectivity index (χ1v) is 9.05. The van der Waals surface area contributed by atoms with Crippen molar-refractivity contribution in [2.75, 3.05) is 26.4 Å². The van der Waals surface area contributed by atoms with Gasteiger partial charge in [0, 0.05) is 23.4 Å². The highest BCUT2D eigenvalue weighted by molar-refractivity contribution is 7.13. The smallest absolute Gasteiger partial charge is 0.350 e. The van der Waals surface area contributed by atoms with E-state index in [1.165, 1.54) is 11.3 Å². The van der Waals surface area contributed by atoms with E-state index < -0.39 is 5.97 Å². The summed E-state index contributed by atoms with van der Waals surface area (Å²) in [5.41, 5.74) is 0.538. The summed E-state index contributed by atoms with van der Waals surface area (Å²) in [5, 5.41) is 13.1. The molecular formula is C17H25N3O4S. The van der Waals surface area contributed by atoms with E-state index in [4.69, 9.17) is 14.2 Å². The van der Waals surface area contributed by atoms with Crippen molar-refractivity contribution in [3.05, 3.63) is 22.3 Å². The summed E-state index contributed by atoms with van der Waals surface area (Å²) in [6, 6.07) is 1.95. The second-order valence-electron chi connectivity index (χ2n) is 5.27. The van der Waals surface area contributed by atoms with Crippen molar-refractivity contribution in [1.29, 1.82) is 5.26 Å². The molecule has 0 atom stereocenters. The highest BCUT2D eigenvalue weighted by Crippen LogP contribution is 2.21. The monoisotopic (exact) mass is 367 g/mol. The lowest BCUT2D eigenvalue weighted by Crippen LogP contribution is -2.23. The lowest BCUT2D eigenvalue weighted by molar-refractivity contribution is -0.140. The molecule has 0 aliphatic carbocycles. The average Bonchev–Trinajstić information content (AvgIpc) is 3.02. The Morgan fingerprint density at radius 2 is 2.12 bits per heavy atom. The first-order chi connectivity index (χ1) is 12.0. The summed E-state index contributed by atoms with van der Waals surface area (Å²) < 4.78 is 15.6. The predicted octanol–water partition coefficient (Wildman–Crippen LogP) is 2.64. The molecule has 1 aromatic rings. The molecule has 0 bridgehead atoms. The topological polar surface area (TPSA) is 93.5 Å². The number of hydrogen-bond donors (Lipinski definition) is 1. The zero-order valence-corrected chi connectivity index (χ0v) is 15.9. The number of rotatable bonds is 11. The van der Waals surface area contributed by atoms with Crippen LogP contribution in [0.2, 0.25) is 0 Å². The summed E-state index contributed by atoms with van der Waals surface area (Å²) in [5.74, 6) is -0.675. The maximum Gasteiger partial charge on any atom is 0.350 e. The normalized spacial score (nSPS) is 11.7. The van der Waals surface area contributed by atoms with Gasteiger partial charge in [-0.2, -0.15) is 5.26 Å². The van der Waals surface area contributed by atoms with Gasteiger partial charge in [-0.05, 0) is 19.8 Å². The van der Waals surface area contributed by atoms with Gasteiger partial charge in [-0.25, -0.2) is 9.78 Å². The fourth-order valence-corrected chi connectivity index (χ4v) is 2.71. The summed E-state index contributed by atoms with van der Waals surface area (Å²) in [7, 11) is 0. The fourth-order valence-electron chi connectivity index (χ4n) is 1.95. The number of nitrogens with one attached hydrogen (secondary N) is 1. The van der Waals surface area contributed by atoms with Gasteiger partial charge in [-0.1, -0.05) is 25.2 Å². The third kappa shape index (κ3) is 7.11. The van der Waals surface area contributed by atoms with Crippen LogP contribution in [0, 0.1) is 17.2 Å². The molecule has 1 rings (SSSR count). The van der Waals surface area contributed by atoms with Crippen LogP contribution in [0.5, 0.6) is 5.19 Å². The van der Waals surface area contributed by atoms with E-state index in [0.29, 0.717) is 37.3 Å². The van der Waals surface area contributed by atoms with Gasteiger partial charge in [-0.3, -0.25) is 0 Å². The SMILES string of the molecule is CCOCCOC(=O)/C(C#N)=C(/NCc1cnc(OCC)s1)C(C)C. The molecule has 1 aromatic heterocycles. The number of hydrogen-bond acceptors (Lipinski definition) is 8. The van der Waals surface area contributed by atoms with Crippen LogP contribution in [0.1, 0.15) is 32.6 Å². The van der Waals surface area contributed by atoms with Gasteiger partial charge in [0.05, 0.1) is 19.8 Å². The van der Waals surface area contributed by atoms with E-state index >= 15 is 0 Å². The molecule has 25 heavy (non-hydrogen) atoms. The number of thiazole rings is 1. The number of carbonyl (C=O) groups is 1. The van der Waals surface area contributed by atoms with Crippen molar-refractivity contribution >= 4 is 17.3 Å². The maximum absolute atomic E-state index is 12.2. The van der Waals surface area contributed by atoms with Crippen molar-refractivity contribution in [2.45, 2.75) is 34.2 Å². The Hall–Kier alpha value is -2.11. The number of allylic oxidation sites excluding steroid dienone is 1. The van der Waals surface area contributed by atoms with E-state index in [9.17, 15) is 10.1 Å². The zero-order valence-electron chi connectivity index (χ0n) is 15.1. The van der Waals surface area contributed by atoms with E-state index in [-0.39, 0.29) is 18.1 Å². The molecule has 138 valence electrons. The van der Waals surface area contributed by atoms with Crippen molar-refractivity contribution in [3.63, 3.8) is 0 Å². The molecule has 0 amide bonds. The van der Waals surface area contributed by atoms with Gasteiger partial charge in [0.25, 0.3) is 5.19 Å². The molecule has 7 nitrogen and oxygen atoms in total. The van der Waals surface area contributed by atoms with E-state index in [1.54, 1.807) is 6.20 Å². The lowest BCUT2D eigenvalue weighted by atomic mass is 10.0. The summed E-state index contributed by atoms with van der Waals surface area (Å²) in [6.45, 7) is 9.57. The average molecular weight is 367 g/mol. The fraction of sp³-hybridized carbons (Fsp3) is 0.588. The molecule has 0 unspecified atom stereocenters. The van der Waals surface area contributed by atoms with Gasteiger partial charge in [0.15, 0.2) is 5.57 Å². The van der Waals surface area contributed by atoms with Crippen LogP contribution in [-0.2, 0) is 20.8 Å². The summed E-state index contributed by atoms with van der Waals surface area (Å²) in [6.07, 6.45) is 1.72. The van der Waals surface area contributed by atoms with E-state index in [0.717, 1.165) is 4.88 Å². The minimum atomic E-state index is -0.641. The Morgan fingerprint density at radius 3 is 2.72 bits per heavy atom. The molecule has 0 saturated heterocycles. The molecule has 0 saturated carbocycles. The number of esters is 1. The van der Waals surface area contributed by atoms with Crippen molar-refractivity contribution < 1.29 is 19.0 Å². The minimum absolute atomic E-state index is 0.0129. The molecule has 0 spiro atoms. The molecule has 0 fully saturated rings. The van der Waals surface area contributed by atoms with Crippen LogP contribution >= 0.6 is 11.3 Å². The first kappa shape index (κ1) is 20.9. The van der Waals surface area contributed by atoms with Crippen molar-refractivity contribution in [3.8, 4) is 11.3 Å². The van der Waals surface area contributed by atoms with Crippen LogP contribution in [0.4, 0.5) is 0 Å². The van der Waals surface area contributed by atoms with Crippen LogP contribution in [0.15, 0.2) is 17.5 Å². The van der Waals surface area contributed by atoms with E-state index in [1.807, 2.05) is 33.8 Å². The Labute approximate surface area is 152 Å². The van der Waals surface area contributed by atoms with Gasteiger partial charge in [0.1, 0.15) is 12.7 Å². The molecule has 0 radical (unpaired) electrons. The van der Waals surface area contributed by atoms with Crippen LogP contribution < -0.4 is 10.1 Å². The Morgan fingerprint density at radius 1 is 1.36 bits per heavy atom. The summed E-state index contributed by atoms with van der Waals surface area (Å²) in [4.78, 5) is 17.3. The highest BCUT2D eigenvalue weighted by atomic mass is 32.1. The maximum atomic E-state index is 12.2. The molecule has 1 N–H and O–H groups in total. The molecule has 0 aromatic carbocycles. The Bertz CT molecular complexity index is 620. The summed E-state index contributed by atoms with van der Waals surface area (Å²) >= 11 is 1.42. The van der Waals surface area contributed by atoms with Crippen LogP contribution in [-0.4, -0.2) is 37.4 Å². The van der Waals surface area contributed by atoms with E-state index in [2.05, 4.69) is 10.3 Å². The van der Waals surface area contributed by atoms with Gasteiger partial charge < -0.3 is 19.5 Å². The van der Waals surface area contributed by atoms with Crippen molar-refractivity contribution in [2.24, 2.45) is 5.92 Å². The van der Waals surface area contributed by atoms with Crippen molar-refractivity contribution in [1.82, 2.24) is 10.3 Å². The Kier molecular flexibility index (Phi) is 9.58.